The van der Waals surface area contributed by atoms with E-state index in [0.717, 1.165) is 5.56 Å². The minimum atomic E-state index is -1.06. The van der Waals surface area contributed by atoms with Gasteiger partial charge in [0.05, 0.1) is 5.69 Å². The zero-order chi connectivity index (χ0) is 18.4. The van der Waals surface area contributed by atoms with Gasteiger partial charge in [-0.2, -0.15) is 0 Å². The van der Waals surface area contributed by atoms with Gasteiger partial charge in [-0.05, 0) is 31.5 Å². The average molecular weight is 342 g/mol. The highest BCUT2D eigenvalue weighted by molar-refractivity contribution is 5.87. The second kappa shape index (κ2) is 8.19. The summed E-state index contributed by atoms with van der Waals surface area (Å²) in [6.07, 6.45) is -1.56. The van der Waals surface area contributed by atoms with E-state index in [4.69, 9.17) is 4.74 Å². The molecular formula is C19H22N2O4. The van der Waals surface area contributed by atoms with Crippen LogP contribution in [0.3, 0.4) is 0 Å². The van der Waals surface area contributed by atoms with Crippen LogP contribution in [0, 0.1) is 0 Å². The molecule has 0 aliphatic carbocycles. The smallest absolute Gasteiger partial charge is 0.415 e. The molecule has 0 saturated heterocycles. The Bertz CT molecular complexity index is 731. The summed E-state index contributed by atoms with van der Waals surface area (Å²) in [6, 6.07) is 15.8. The van der Waals surface area contributed by atoms with Gasteiger partial charge in [0.1, 0.15) is 5.75 Å². The van der Waals surface area contributed by atoms with E-state index in [9.17, 15) is 14.7 Å². The van der Waals surface area contributed by atoms with Gasteiger partial charge in [-0.3, -0.25) is 4.90 Å². The minimum Gasteiger partial charge on any atom is -0.465 e. The lowest BCUT2D eigenvalue weighted by atomic mass is 10.2. The van der Waals surface area contributed by atoms with E-state index < -0.39 is 12.2 Å². The van der Waals surface area contributed by atoms with Gasteiger partial charge < -0.3 is 14.7 Å². The molecule has 0 fully saturated rings. The number of ether oxygens (including phenoxy) is 1. The van der Waals surface area contributed by atoms with Crippen LogP contribution in [0.5, 0.6) is 5.75 Å². The maximum atomic E-state index is 12.2. The molecule has 2 rings (SSSR count). The Kier molecular flexibility index (Phi) is 6.00. The van der Waals surface area contributed by atoms with E-state index in [0.29, 0.717) is 18.0 Å². The van der Waals surface area contributed by atoms with E-state index in [1.165, 1.54) is 9.80 Å². The largest absolute Gasteiger partial charge is 0.465 e. The molecule has 132 valence electrons. The van der Waals surface area contributed by atoms with Gasteiger partial charge >= 0.3 is 12.2 Å². The number of carbonyl (C=O) groups excluding carboxylic acids is 1. The van der Waals surface area contributed by atoms with Gasteiger partial charge in [-0.15, -0.1) is 0 Å². The van der Waals surface area contributed by atoms with Crippen molar-refractivity contribution in [2.45, 2.75) is 26.4 Å². The number of nitrogens with zero attached hydrogens (tertiary/aromatic N) is 2. The molecule has 1 N–H and O–H groups in total. The van der Waals surface area contributed by atoms with Crippen molar-refractivity contribution in [2.24, 2.45) is 0 Å². The molecule has 6 nitrogen and oxygen atoms in total. The Labute approximate surface area is 147 Å². The molecular weight excluding hydrogens is 320 g/mol. The van der Waals surface area contributed by atoms with Crippen LogP contribution in [0.15, 0.2) is 54.6 Å². The van der Waals surface area contributed by atoms with E-state index >= 15 is 0 Å². The predicted molar refractivity (Wildman–Crippen MR) is 96.0 cm³/mol. The van der Waals surface area contributed by atoms with Crippen LogP contribution in [0.25, 0.3) is 0 Å². The van der Waals surface area contributed by atoms with Crippen LogP contribution in [-0.2, 0) is 6.54 Å². The molecule has 0 saturated carbocycles. The van der Waals surface area contributed by atoms with Crippen molar-refractivity contribution in [3.8, 4) is 5.75 Å². The maximum Gasteiger partial charge on any atom is 0.415 e. The molecule has 25 heavy (non-hydrogen) atoms. The van der Waals surface area contributed by atoms with Crippen molar-refractivity contribution in [3.05, 3.63) is 60.2 Å². The lowest BCUT2D eigenvalue weighted by Crippen LogP contribution is -2.35. The third-order valence-corrected chi connectivity index (χ3v) is 3.60. The van der Waals surface area contributed by atoms with Crippen molar-refractivity contribution in [2.75, 3.05) is 11.9 Å². The summed E-state index contributed by atoms with van der Waals surface area (Å²) in [6.45, 7) is 3.98. The number of benzene rings is 2. The van der Waals surface area contributed by atoms with E-state index in [1.807, 2.05) is 30.3 Å². The second-order valence-corrected chi connectivity index (χ2v) is 5.95. The summed E-state index contributed by atoms with van der Waals surface area (Å²) in [5, 5.41) is 9.33. The molecule has 0 aliphatic heterocycles. The first-order chi connectivity index (χ1) is 11.9. The van der Waals surface area contributed by atoms with Crippen LogP contribution in [0.4, 0.5) is 15.3 Å². The number of hydrogen-bond acceptors (Lipinski definition) is 3. The fourth-order valence-electron chi connectivity index (χ4n) is 2.43. The number of carbonyl (C=O) groups is 2. The number of anilines is 1. The van der Waals surface area contributed by atoms with E-state index in [-0.39, 0.29) is 6.04 Å². The number of hydrogen-bond donors (Lipinski definition) is 1. The predicted octanol–water partition coefficient (Wildman–Crippen LogP) is 4.21. The Morgan fingerprint density at radius 1 is 1.08 bits per heavy atom. The first-order valence-electron chi connectivity index (χ1n) is 7.97. The minimum absolute atomic E-state index is 0.232. The monoisotopic (exact) mass is 342 g/mol. The first kappa shape index (κ1) is 18.3. The van der Waals surface area contributed by atoms with Gasteiger partial charge in [0, 0.05) is 25.7 Å². The highest BCUT2D eigenvalue weighted by Crippen LogP contribution is 2.23. The zero-order valence-corrected chi connectivity index (χ0v) is 14.5. The maximum absolute atomic E-state index is 12.2. The van der Waals surface area contributed by atoms with Crippen LogP contribution < -0.4 is 9.64 Å². The van der Waals surface area contributed by atoms with Crippen molar-refractivity contribution in [3.63, 3.8) is 0 Å². The Hall–Kier alpha value is -3.02. The molecule has 2 aromatic rings. The van der Waals surface area contributed by atoms with Gasteiger partial charge in [-0.1, -0.05) is 36.4 Å². The quantitative estimate of drug-likeness (QED) is 0.883. The number of carboxylic acid groups (broad SMARTS) is 1. The standard InChI is InChI=1S/C19H22N2O4/c1-14(2)21(18(22)23)16-10-7-11-17(12-16)25-19(24)20(3)13-15-8-5-4-6-9-15/h4-12,14H,13H2,1-3H3,(H,22,23). The molecule has 0 spiro atoms. The fourth-order valence-corrected chi connectivity index (χ4v) is 2.43. The topological polar surface area (TPSA) is 70.1 Å². The van der Waals surface area contributed by atoms with Crippen LogP contribution in [0.1, 0.15) is 19.4 Å². The highest BCUT2D eigenvalue weighted by Gasteiger charge is 2.19. The Balaban J connectivity index is 2.08. The lowest BCUT2D eigenvalue weighted by molar-refractivity contribution is 0.161. The van der Waals surface area contributed by atoms with Crippen LogP contribution in [-0.4, -0.2) is 35.3 Å². The molecule has 6 heteroatoms. The first-order valence-corrected chi connectivity index (χ1v) is 7.97. The van der Waals surface area contributed by atoms with Crippen LogP contribution >= 0.6 is 0 Å². The molecule has 0 aliphatic rings. The van der Waals surface area contributed by atoms with Gasteiger partial charge in [0.25, 0.3) is 0 Å². The summed E-state index contributed by atoms with van der Waals surface area (Å²) >= 11 is 0. The lowest BCUT2D eigenvalue weighted by Gasteiger charge is -2.24. The summed E-state index contributed by atoms with van der Waals surface area (Å²) in [5.74, 6) is 0.300. The molecule has 2 aromatic carbocycles. The van der Waals surface area contributed by atoms with Gasteiger partial charge in [0.2, 0.25) is 0 Å². The molecule has 2 amide bonds. The molecule has 0 unspecified atom stereocenters. The van der Waals surface area contributed by atoms with Crippen LogP contribution in [0.2, 0.25) is 0 Å². The van der Waals surface area contributed by atoms with Gasteiger partial charge in [0.15, 0.2) is 0 Å². The average Bonchev–Trinajstić information content (AvgIpc) is 2.55. The SMILES string of the molecule is CC(C)N(C(=O)O)c1cccc(OC(=O)N(C)Cc2ccccc2)c1. The molecule has 0 radical (unpaired) electrons. The highest BCUT2D eigenvalue weighted by atomic mass is 16.6. The normalized spacial score (nSPS) is 10.4. The molecule has 0 bridgehead atoms. The molecule has 0 aromatic heterocycles. The summed E-state index contributed by atoms with van der Waals surface area (Å²) in [4.78, 5) is 26.3. The van der Waals surface area contributed by atoms with Crippen molar-refractivity contribution in [1.82, 2.24) is 4.90 Å². The summed E-state index contributed by atoms with van der Waals surface area (Å²) in [7, 11) is 1.65. The number of rotatable bonds is 5. The van der Waals surface area contributed by atoms with Crippen molar-refractivity contribution < 1.29 is 19.4 Å². The summed E-state index contributed by atoms with van der Waals surface area (Å²) < 4.78 is 5.37. The van der Waals surface area contributed by atoms with Crippen molar-refractivity contribution in [1.29, 1.82) is 0 Å². The third-order valence-electron chi connectivity index (χ3n) is 3.60. The summed E-state index contributed by atoms with van der Waals surface area (Å²) in [5.41, 5.74) is 1.45. The van der Waals surface area contributed by atoms with Crippen molar-refractivity contribution >= 4 is 17.9 Å². The third kappa shape index (κ3) is 4.97. The van der Waals surface area contributed by atoms with Gasteiger partial charge in [-0.25, -0.2) is 9.59 Å². The van der Waals surface area contributed by atoms with E-state index in [2.05, 4.69) is 0 Å². The Morgan fingerprint density at radius 2 is 1.76 bits per heavy atom. The Morgan fingerprint density at radius 3 is 2.36 bits per heavy atom. The molecule has 0 heterocycles. The zero-order valence-electron chi connectivity index (χ0n) is 14.5. The van der Waals surface area contributed by atoms with E-state index in [1.54, 1.807) is 45.2 Å². The molecule has 0 atom stereocenters. The number of amides is 2. The fraction of sp³-hybridized carbons (Fsp3) is 0.263. The second-order valence-electron chi connectivity index (χ2n) is 5.95.